The van der Waals surface area contributed by atoms with Crippen molar-refractivity contribution >= 4 is 24.5 Å². The molecule has 0 radical (unpaired) electrons. The molecule has 0 spiro atoms. The minimum absolute atomic E-state index is 0.0716. The van der Waals surface area contributed by atoms with Crippen LogP contribution >= 0.6 is 0 Å². The maximum atomic E-state index is 11.9. The molecule has 0 saturated heterocycles. The number of hydrogen-bond donors (Lipinski definition) is 4. The van der Waals surface area contributed by atoms with Crippen molar-refractivity contribution in [3.63, 3.8) is 0 Å². The minimum Gasteiger partial charge on any atom is -0.357 e. The Labute approximate surface area is 302 Å². The third-order valence-electron chi connectivity index (χ3n) is 6.65. The molecule has 2 atom stereocenters. The molecular formula is C41H65N5O4. The monoisotopic (exact) mass is 692 g/mol. The van der Waals surface area contributed by atoms with Gasteiger partial charge in [-0.3, -0.25) is 19.2 Å². The number of amides is 3. The highest BCUT2D eigenvalue weighted by atomic mass is 16.2. The smallest absolute Gasteiger partial charge is 0.239 e. The van der Waals surface area contributed by atoms with E-state index < -0.39 is 0 Å². The normalized spacial score (nSPS) is 10.8. The molecular weight excluding hydrogens is 626 g/mol. The number of nitrogens with zero attached hydrogens (tertiary/aromatic N) is 1. The number of carbonyl (C=O) groups is 4. The summed E-state index contributed by atoms with van der Waals surface area (Å²) in [4.78, 5) is 46.3. The quantitative estimate of drug-likeness (QED) is 0.135. The molecule has 5 N–H and O–H groups in total. The molecule has 0 bridgehead atoms. The fraction of sp³-hybridized carbons (Fsp3) is 0.463. The van der Waals surface area contributed by atoms with E-state index in [-0.39, 0.29) is 30.3 Å². The van der Waals surface area contributed by atoms with E-state index in [1.807, 2.05) is 73.7 Å². The van der Waals surface area contributed by atoms with Crippen LogP contribution in [0.15, 0.2) is 84.9 Å². The number of aldehydes is 1. The number of nitrogens with two attached hydrogens (primary N) is 1. The maximum Gasteiger partial charge on any atom is 0.239 e. The number of nitrogens with one attached hydrogen (secondary N) is 3. The zero-order valence-electron chi connectivity index (χ0n) is 31.9. The molecule has 50 heavy (non-hydrogen) atoms. The first-order chi connectivity index (χ1) is 24.0. The van der Waals surface area contributed by atoms with E-state index in [1.165, 1.54) is 37.9 Å². The van der Waals surface area contributed by atoms with E-state index in [2.05, 4.69) is 74.6 Å². The largest absolute Gasteiger partial charge is 0.357 e. The van der Waals surface area contributed by atoms with Gasteiger partial charge in [-0.1, -0.05) is 131 Å². The highest BCUT2D eigenvalue weighted by Crippen LogP contribution is 2.04. The van der Waals surface area contributed by atoms with Crippen molar-refractivity contribution in [1.82, 2.24) is 20.9 Å². The summed E-state index contributed by atoms with van der Waals surface area (Å²) in [5, 5.41) is 7.79. The highest BCUT2D eigenvalue weighted by Gasteiger charge is 2.17. The van der Waals surface area contributed by atoms with Gasteiger partial charge in [-0.25, -0.2) is 0 Å². The van der Waals surface area contributed by atoms with Gasteiger partial charge in [0.15, 0.2) is 0 Å². The van der Waals surface area contributed by atoms with Gasteiger partial charge in [0.2, 0.25) is 18.2 Å². The van der Waals surface area contributed by atoms with Crippen LogP contribution in [0.2, 0.25) is 0 Å². The number of carbonyl (C=O) groups excluding carboxylic acids is 4. The van der Waals surface area contributed by atoms with Crippen molar-refractivity contribution < 1.29 is 19.2 Å². The van der Waals surface area contributed by atoms with Crippen LogP contribution in [-0.4, -0.2) is 68.7 Å². The van der Waals surface area contributed by atoms with Crippen LogP contribution in [0.4, 0.5) is 0 Å². The summed E-state index contributed by atoms with van der Waals surface area (Å²) in [7, 11) is 2.17. The maximum absolute atomic E-state index is 11.9. The Bertz CT molecular complexity index is 1250. The van der Waals surface area contributed by atoms with Crippen molar-refractivity contribution in [3.8, 4) is 0 Å². The molecule has 0 saturated carbocycles. The molecule has 0 aliphatic rings. The van der Waals surface area contributed by atoms with Gasteiger partial charge in [-0.2, -0.15) is 0 Å². The van der Waals surface area contributed by atoms with Crippen molar-refractivity contribution in [2.75, 3.05) is 33.2 Å². The zero-order valence-corrected chi connectivity index (χ0v) is 31.9. The van der Waals surface area contributed by atoms with Crippen LogP contribution in [0.3, 0.4) is 0 Å². The first-order valence-corrected chi connectivity index (χ1v) is 17.7. The molecule has 0 aliphatic carbocycles. The molecule has 0 heterocycles. The van der Waals surface area contributed by atoms with Gasteiger partial charge in [-0.05, 0) is 64.9 Å². The second kappa shape index (κ2) is 33.2. The summed E-state index contributed by atoms with van der Waals surface area (Å²) in [5.41, 5.74) is 9.97. The average molecular weight is 692 g/mol. The molecule has 3 aromatic carbocycles. The van der Waals surface area contributed by atoms with Crippen LogP contribution in [0, 0.1) is 19.8 Å². The van der Waals surface area contributed by atoms with Crippen LogP contribution in [0.5, 0.6) is 0 Å². The highest BCUT2D eigenvalue weighted by molar-refractivity contribution is 5.85. The van der Waals surface area contributed by atoms with Gasteiger partial charge in [-0.15, -0.1) is 0 Å². The van der Waals surface area contributed by atoms with Gasteiger partial charge < -0.3 is 26.6 Å². The topological polar surface area (TPSA) is 134 Å². The van der Waals surface area contributed by atoms with E-state index in [9.17, 15) is 19.2 Å². The van der Waals surface area contributed by atoms with E-state index in [1.54, 1.807) is 13.0 Å². The van der Waals surface area contributed by atoms with E-state index in [4.69, 9.17) is 5.73 Å². The number of hydrogen-bond acceptors (Lipinski definition) is 6. The second-order valence-corrected chi connectivity index (χ2v) is 12.1. The van der Waals surface area contributed by atoms with Gasteiger partial charge >= 0.3 is 0 Å². The first-order valence-electron chi connectivity index (χ1n) is 17.7. The van der Waals surface area contributed by atoms with Crippen LogP contribution < -0.4 is 21.7 Å². The van der Waals surface area contributed by atoms with Gasteiger partial charge in [0.25, 0.3) is 0 Å². The van der Waals surface area contributed by atoms with Crippen LogP contribution in [-0.2, 0) is 20.9 Å². The lowest BCUT2D eigenvalue weighted by atomic mass is 10.0. The van der Waals surface area contributed by atoms with Gasteiger partial charge in [0.05, 0.1) is 6.54 Å². The molecule has 3 aromatic rings. The zero-order chi connectivity index (χ0) is 38.0. The standard InChI is InChI=1S/C16H24N4O3.C8H8O.C7H17N.C7H8.C3H8/c1-12(7-14(17)9-18-11-21)16(23)20-10-15(22)19-8-13-5-3-2-4-6-13;1-7-3-2-4-8(5-7)6-9;1-4-6-8(3)7-5-2;1-7-5-3-2-4-6-7;1-3-2/h2-6,11-12,14H,7-10,17H2,1H3,(H,18,21)(H,19,22)(H,20,23);2-6H,1H3;4-7H2,1-3H3;2-6H,1H3;3H2,1-2H3. The lowest BCUT2D eigenvalue weighted by Gasteiger charge is -2.16. The Morgan fingerprint density at radius 3 is 1.78 bits per heavy atom. The fourth-order valence-corrected chi connectivity index (χ4v) is 4.20. The number of benzene rings is 3. The fourth-order valence-electron chi connectivity index (χ4n) is 4.20. The number of rotatable bonds is 15. The Hall–Kier alpha value is -4.34. The minimum atomic E-state index is -0.333. The summed E-state index contributed by atoms with van der Waals surface area (Å²) < 4.78 is 0. The Morgan fingerprint density at radius 1 is 0.800 bits per heavy atom. The van der Waals surface area contributed by atoms with E-state index >= 15 is 0 Å². The Kier molecular flexibility index (Phi) is 31.7. The first kappa shape index (κ1) is 47.8. The lowest BCUT2D eigenvalue weighted by molar-refractivity contribution is -0.128. The summed E-state index contributed by atoms with van der Waals surface area (Å²) in [5.74, 6) is -0.817. The molecule has 3 rings (SSSR count). The molecule has 3 amide bonds. The summed E-state index contributed by atoms with van der Waals surface area (Å²) in [6, 6.07) is 27.0. The second-order valence-electron chi connectivity index (χ2n) is 12.1. The van der Waals surface area contributed by atoms with Crippen molar-refractivity contribution in [2.45, 2.75) is 86.7 Å². The van der Waals surface area contributed by atoms with E-state index in [0.717, 1.165) is 23.0 Å². The van der Waals surface area contributed by atoms with E-state index in [0.29, 0.717) is 25.9 Å². The molecule has 0 fully saturated rings. The van der Waals surface area contributed by atoms with Gasteiger partial charge in [0, 0.05) is 30.6 Å². The van der Waals surface area contributed by atoms with Gasteiger partial charge in [0.1, 0.15) is 6.29 Å². The average Bonchev–Trinajstić information content (AvgIpc) is 3.11. The SMILES string of the molecule is CC(CC(N)CNC=O)C(=O)NCC(=O)NCc1ccccc1.CCC.CCCN(C)CCC.Cc1cccc(C=O)c1.Cc1ccccc1. The Balaban J connectivity index is 0. The van der Waals surface area contributed by atoms with Crippen molar-refractivity contribution in [2.24, 2.45) is 11.7 Å². The predicted molar refractivity (Wildman–Crippen MR) is 209 cm³/mol. The van der Waals surface area contributed by atoms with Crippen molar-refractivity contribution in [1.29, 1.82) is 0 Å². The molecule has 0 aliphatic heterocycles. The molecule has 9 nitrogen and oxygen atoms in total. The van der Waals surface area contributed by atoms with Crippen LogP contribution in [0.25, 0.3) is 0 Å². The molecule has 0 aromatic heterocycles. The summed E-state index contributed by atoms with van der Waals surface area (Å²) >= 11 is 0. The van der Waals surface area contributed by atoms with Crippen LogP contribution in [0.1, 0.15) is 87.4 Å². The molecule has 278 valence electrons. The Morgan fingerprint density at radius 2 is 1.34 bits per heavy atom. The summed E-state index contributed by atoms with van der Waals surface area (Å²) in [6.45, 7) is 17.6. The van der Waals surface area contributed by atoms with Crippen molar-refractivity contribution in [3.05, 3.63) is 107 Å². The lowest BCUT2D eigenvalue weighted by Crippen LogP contribution is -2.41. The summed E-state index contributed by atoms with van der Waals surface area (Å²) in [6.07, 6.45) is 5.65. The third-order valence-corrected chi connectivity index (χ3v) is 6.65. The third kappa shape index (κ3) is 29.8. The number of aryl methyl sites for hydroxylation is 2. The predicted octanol–water partition coefficient (Wildman–Crippen LogP) is 6.48. The molecule has 2 unspecified atom stereocenters. The molecule has 9 heteroatoms.